The number of aliphatic imine (C=N–C) groups is 1. The first-order valence-electron chi connectivity index (χ1n) is 11.2. The molecule has 1 aliphatic heterocycles. The lowest BCUT2D eigenvalue weighted by Gasteiger charge is -2.12. The van der Waals surface area contributed by atoms with Crippen molar-refractivity contribution in [3.05, 3.63) is 109 Å². The van der Waals surface area contributed by atoms with E-state index >= 15 is 0 Å². The van der Waals surface area contributed by atoms with E-state index in [9.17, 15) is 4.79 Å². The predicted molar refractivity (Wildman–Crippen MR) is 148 cm³/mol. The van der Waals surface area contributed by atoms with Crippen LogP contribution in [0.3, 0.4) is 0 Å². The molecular formula is C28H37N3O2S. The lowest BCUT2D eigenvalue weighted by molar-refractivity contribution is -0.115. The molecule has 0 saturated carbocycles. The summed E-state index contributed by atoms with van der Waals surface area (Å²) in [5, 5.41) is 6.36. The summed E-state index contributed by atoms with van der Waals surface area (Å²) in [6.45, 7) is 20.7. The van der Waals surface area contributed by atoms with Gasteiger partial charge in [-0.15, -0.1) is 18.3 Å². The molecule has 1 amide bonds. The summed E-state index contributed by atoms with van der Waals surface area (Å²) in [5.74, 6) is 1.66. The Morgan fingerprint density at radius 1 is 1.26 bits per heavy atom. The van der Waals surface area contributed by atoms with Gasteiger partial charge in [0.1, 0.15) is 18.2 Å². The summed E-state index contributed by atoms with van der Waals surface area (Å²) in [7, 11) is 0. The maximum Gasteiger partial charge on any atom is 0.247 e. The Hall–Kier alpha value is -3.25. The smallest absolute Gasteiger partial charge is 0.247 e. The van der Waals surface area contributed by atoms with Gasteiger partial charge in [-0.05, 0) is 67.9 Å². The Kier molecular flexibility index (Phi) is 13.9. The summed E-state index contributed by atoms with van der Waals surface area (Å²) >= 11 is 1.91. The van der Waals surface area contributed by atoms with Gasteiger partial charge in [0.05, 0.1) is 5.70 Å². The minimum absolute atomic E-state index is 0.311. The lowest BCUT2D eigenvalue weighted by atomic mass is 10.0. The number of nitrogens with zero attached hydrogens (tertiary/aromatic N) is 1. The van der Waals surface area contributed by atoms with E-state index < -0.39 is 0 Å². The molecule has 0 aromatic rings. The van der Waals surface area contributed by atoms with Crippen molar-refractivity contribution in [2.75, 3.05) is 6.61 Å². The zero-order valence-corrected chi connectivity index (χ0v) is 21.4. The quantitative estimate of drug-likeness (QED) is 0.154. The Bertz CT molecular complexity index is 935. The van der Waals surface area contributed by atoms with Gasteiger partial charge in [-0.2, -0.15) is 0 Å². The molecule has 2 N–H and O–H groups in total. The molecule has 6 heteroatoms. The molecule has 2 aliphatic rings. The van der Waals surface area contributed by atoms with Crippen molar-refractivity contribution < 1.29 is 9.53 Å². The molecule has 1 aliphatic carbocycles. The number of carbonyl (C=O) groups excluding carboxylic acids is 1. The van der Waals surface area contributed by atoms with Crippen LogP contribution in [0.1, 0.15) is 33.6 Å². The first kappa shape index (κ1) is 28.8. The van der Waals surface area contributed by atoms with Crippen LogP contribution in [-0.2, 0) is 9.53 Å². The Morgan fingerprint density at radius 3 is 2.62 bits per heavy atom. The minimum atomic E-state index is -0.311. The summed E-state index contributed by atoms with van der Waals surface area (Å²) in [5.41, 5.74) is 1.23. The first-order valence-corrected chi connectivity index (χ1v) is 12.1. The molecule has 2 rings (SSSR count). The van der Waals surface area contributed by atoms with Gasteiger partial charge in [0, 0.05) is 17.2 Å². The topological polar surface area (TPSA) is 62.7 Å². The van der Waals surface area contributed by atoms with E-state index in [0.29, 0.717) is 35.0 Å². The number of hydrogen-bond acceptors (Lipinski definition) is 5. The number of ether oxygens (including phenoxy) is 1. The zero-order chi connectivity index (χ0) is 25.3. The van der Waals surface area contributed by atoms with Crippen molar-refractivity contribution >= 4 is 23.9 Å². The van der Waals surface area contributed by atoms with E-state index in [1.165, 1.54) is 11.0 Å². The van der Waals surface area contributed by atoms with Gasteiger partial charge in [-0.1, -0.05) is 51.0 Å². The number of amides is 1. The second-order valence-electron chi connectivity index (χ2n) is 7.40. The van der Waals surface area contributed by atoms with Crippen LogP contribution >= 0.6 is 11.8 Å². The van der Waals surface area contributed by atoms with Gasteiger partial charge in [-0.25, -0.2) is 4.99 Å². The van der Waals surface area contributed by atoms with Crippen LogP contribution in [0.15, 0.2) is 114 Å². The monoisotopic (exact) mass is 479 g/mol. The molecule has 0 fully saturated rings. The fraction of sp³-hybridized carbons (Fsp3) is 0.286. The molecule has 34 heavy (non-hydrogen) atoms. The molecular weight excluding hydrogens is 442 g/mol. The average Bonchev–Trinajstić information content (AvgIpc) is 3.10. The highest BCUT2D eigenvalue weighted by Crippen LogP contribution is 2.40. The van der Waals surface area contributed by atoms with Crippen LogP contribution in [-0.4, -0.2) is 24.0 Å². The van der Waals surface area contributed by atoms with Crippen LogP contribution in [0, 0.1) is 5.92 Å². The highest BCUT2D eigenvalue weighted by molar-refractivity contribution is 8.04. The predicted octanol–water partition coefficient (Wildman–Crippen LogP) is 6.47. The number of rotatable bonds is 11. The normalized spacial score (nSPS) is 19.8. The zero-order valence-electron chi connectivity index (χ0n) is 20.5. The van der Waals surface area contributed by atoms with Crippen LogP contribution in [0.5, 0.6) is 0 Å². The largest absolute Gasteiger partial charge is 0.490 e. The van der Waals surface area contributed by atoms with Gasteiger partial charge >= 0.3 is 0 Å². The highest BCUT2D eigenvalue weighted by atomic mass is 32.2. The van der Waals surface area contributed by atoms with E-state index in [1.54, 1.807) is 18.4 Å². The number of fused-ring (bicyclic) bond motifs is 1. The van der Waals surface area contributed by atoms with Gasteiger partial charge < -0.3 is 15.4 Å². The second-order valence-corrected chi connectivity index (χ2v) is 8.82. The van der Waals surface area contributed by atoms with E-state index in [2.05, 4.69) is 74.0 Å². The van der Waals surface area contributed by atoms with E-state index in [4.69, 9.17) is 4.74 Å². The molecule has 1 heterocycles. The van der Waals surface area contributed by atoms with Crippen molar-refractivity contribution in [3.8, 4) is 0 Å². The second kappa shape index (κ2) is 16.4. The summed E-state index contributed by atoms with van der Waals surface area (Å²) in [4.78, 5) is 17.3. The van der Waals surface area contributed by atoms with Crippen molar-refractivity contribution in [3.63, 3.8) is 0 Å². The van der Waals surface area contributed by atoms with Crippen LogP contribution in [0.4, 0.5) is 0 Å². The van der Waals surface area contributed by atoms with E-state index in [0.717, 1.165) is 18.6 Å². The number of nitrogens with one attached hydrogen (secondary N) is 2. The molecule has 0 bridgehead atoms. The highest BCUT2D eigenvalue weighted by Gasteiger charge is 2.25. The maximum absolute atomic E-state index is 11.6. The molecule has 0 spiro atoms. The summed E-state index contributed by atoms with van der Waals surface area (Å²) in [6.07, 6.45) is 20.4. The van der Waals surface area contributed by atoms with E-state index in [-0.39, 0.29) is 5.91 Å². The Balaban J connectivity index is 0.00000133. The lowest BCUT2D eigenvalue weighted by Crippen LogP contribution is -2.24. The van der Waals surface area contributed by atoms with Gasteiger partial charge in [-0.3, -0.25) is 4.79 Å². The van der Waals surface area contributed by atoms with Crippen molar-refractivity contribution in [1.29, 1.82) is 0 Å². The number of thioether (sulfide) groups is 1. The van der Waals surface area contributed by atoms with Crippen LogP contribution in [0.25, 0.3) is 0 Å². The fourth-order valence-electron chi connectivity index (χ4n) is 2.97. The SMILES string of the molecule is C=C/C=N\C(=C/COC1=CCC2C=C(C)SC2C=C1)N/C(C)=C(/C=C)NC(=O)C=C.C=CCC. The van der Waals surface area contributed by atoms with E-state index in [1.807, 2.05) is 36.9 Å². The third kappa shape index (κ3) is 10.6. The molecule has 0 radical (unpaired) electrons. The molecule has 0 saturated heterocycles. The fourth-order valence-corrected chi connectivity index (χ4v) is 4.17. The van der Waals surface area contributed by atoms with Crippen molar-refractivity contribution in [2.45, 2.75) is 38.9 Å². The third-order valence-electron chi connectivity index (χ3n) is 4.74. The Labute approximate surface area is 209 Å². The molecule has 0 aromatic carbocycles. The van der Waals surface area contributed by atoms with Crippen LogP contribution < -0.4 is 10.6 Å². The minimum Gasteiger partial charge on any atom is -0.490 e. The summed E-state index contributed by atoms with van der Waals surface area (Å²) < 4.78 is 5.92. The van der Waals surface area contributed by atoms with Gasteiger partial charge in [0.25, 0.3) is 0 Å². The molecule has 2 unspecified atom stereocenters. The number of carbonyl (C=O) groups is 1. The van der Waals surface area contributed by atoms with Gasteiger partial charge in [0.15, 0.2) is 0 Å². The first-order chi connectivity index (χ1) is 16.4. The third-order valence-corrected chi connectivity index (χ3v) is 6.02. The van der Waals surface area contributed by atoms with Crippen molar-refractivity contribution in [1.82, 2.24) is 10.6 Å². The Morgan fingerprint density at radius 2 is 2.00 bits per heavy atom. The standard InChI is InChI=1S/C24H29N3O2S.C4H8/c1-6-14-25-23(26-18(5)21(7-2)27-24(28)8-3)13-15-29-20-10-9-19-16-17(4)30-22(19)12-11-20;1-3-4-2/h6-8,10-14,16,19,22,26H,1-3,9,15H2,4-5H3,(H,27,28);3H,1,4H2,2H3/b21-18-,23-13+,25-14-;. The molecule has 2 atom stereocenters. The molecule has 5 nitrogen and oxygen atoms in total. The van der Waals surface area contributed by atoms with Crippen LogP contribution in [0.2, 0.25) is 0 Å². The average molecular weight is 480 g/mol. The maximum atomic E-state index is 11.6. The van der Waals surface area contributed by atoms with Gasteiger partial charge in [0.2, 0.25) is 5.91 Å². The summed E-state index contributed by atoms with van der Waals surface area (Å²) in [6, 6.07) is 0. The molecule has 182 valence electrons. The number of allylic oxidation sites excluding steroid dienone is 8. The van der Waals surface area contributed by atoms with Crippen molar-refractivity contribution in [2.24, 2.45) is 10.9 Å². The number of hydrogen-bond donors (Lipinski definition) is 2. The molecule has 0 aromatic heterocycles.